The predicted molar refractivity (Wildman–Crippen MR) is 111 cm³/mol. The summed E-state index contributed by atoms with van der Waals surface area (Å²) in [7, 11) is 1.35. The Morgan fingerprint density at radius 3 is 2.48 bits per heavy atom. The second-order valence-corrected chi connectivity index (χ2v) is 6.86. The number of piperidine rings is 1. The third-order valence-electron chi connectivity index (χ3n) is 4.97. The maximum absolute atomic E-state index is 11.8. The van der Waals surface area contributed by atoms with Gasteiger partial charge in [0.1, 0.15) is 6.33 Å². The van der Waals surface area contributed by atoms with Crippen LogP contribution in [0.3, 0.4) is 0 Å². The fourth-order valence-corrected chi connectivity index (χ4v) is 3.39. The lowest BCUT2D eigenvalue weighted by Crippen LogP contribution is -2.37. The molecular weight excluding hydrogens is 406 g/mol. The van der Waals surface area contributed by atoms with Crippen LogP contribution >= 0.6 is 0 Å². The van der Waals surface area contributed by atoms with Crippen molar-refractivity contribution in [2.45, 2.75) is 19.8 Å². The number of methoxy groups -OCH3 is 1. The predicted octanol–water partition coefficient (Wildman–Crippen LogP) is 2.69. The number of rotatable bonds is 7. The van der Waals surface area contributed by atoms with Gasteiger partial charge in [0.05, 0.1) is 30.1 Å². The number of carbonyl (C=O) groups is 2. The molecule has 2 heterocycles. The number of carbonyl (C=O) groups excluding carboxylic acids is 2. The van der Waals surface area contributed by atoms with E-state index in [2.05, 4.69) is 15.3 Å². The molecule has 1 fully saturated rings. The van der Waals surface area contributed by atoms with Gasteiger partial charge in [-0.25, -0.2) is 14.8 Å². The molecule has 0 radical (unpaired) electrons. The number of benzene rings is 1. The molecule has 0 saturated carbocycles. The standard InChI is InChI=1S/C20H23N5O6/c1-3-31-20(27)13-4-6-15(7-5-13)23-17-16(25(28)29)18(22-12-21-17)24-10-8-14(9-11-24)19(26)30-2/h4-7,12,14H,3,8-11H2,1-2H3,(H,21,22,23). The molecule has 0 unspecified atom stereocenters. The first kappa shape index (κ1) is 21.9. The molecule has 1 aromatic carbocycles. The Kier molecular flexibility index (Phi) is 6.96. The number of aromatic nitrogens is 2. The minimum Gasteiger partial charge on any atom is -0.469 e. The van der Waals surface area contributed by atoms with Gasteiger partial charge in [0.15, 0.2) is 0 Å². The first-order chi connectivity index (χ1) is 14.9. The lowest BCUT2D eigenvalue weighted by molar-refractivity contribution is -0.383. The molecule has 1 N–H and O–H groups in total. The lowest BCUT2D eigenvalue weighted by atomic mass is 9.97. The molecule has 1 aromatic heterocycles. The molecule has 31 heavy (non-hydrogen) atoms. The summed E-state index contributed by atoms with van der Waals surface area (Å²) < 4.78 is 9.73. The summed E-state index contributed by atoms with van der Waals surface area (Å²) in [6.45, 7) is 2.86. The average molecular weight is 429 g/mol. The highest BCUT2D eigenvalue weighted by atomic mass is 16.6. The van der Waals surface area contributed by atoms with Crippen LogP contribution in [0, 0.1) is 16.0 Å². The van der Waals surface area contributed by atoms with E-state index in [4.69, 9.17) is 9.47 Å². The first-order valence-electron chi connectivity index (χ1n) is 9.81. The Morgan fingerprint density at radius 2 is 1.90 bits per heavy atom. The Hall–Kier alpha value is -3.76. The van der Waals surface area contributed by atoms with Crippen LogP contribution in [0.25, 0.3) is 0 Å². The van der Waals surface area contributed by atoms with Crippen molar-refractivity contribution >= 4 is 34.9 Å². The minimum atomic E-state index is -0.531. The van der Waals surface area contributed by atoms with Crippen molar-refractivity contribution in [3.05, 3.63) is 46.3 Å². The monoisotopic (exact) mass is 429 g/mol. The molecule has 3 rings (SSSR count). The molecule has 0 atom stereocenters. The fourth-order valence-electron chi connectivity index (χ4n) is 3.39. The number of nitrogens with one attached hydrogen (secondary N) is 1. The van der Waals surface area contributed by atoms with Gasteiger partial charge in [-0.3, -0.25) is 14.9 Å². The van der Waals surface area contributed by atoms with Crippen LogP contribution in [0.15, 0.2) is 30.6 Å². The van der Waals surface area contributed by atoms with Gasteiger partial charge in [0, 0.05) is 18.8 Å². The minimum absolute atomic E-state index is 0.0361. The summed E-state index contributed by atoms with van der Waals surface area (Å²) in [6.07, 6.45) is 2.29. The zero-order valence-electron chi connectivity index (χ0n) is 17.2. The van der Waals surface area contributed by atoms with Gasteiger partial charge in [0.25, 0.3) is 0 Å². The van der Waals surface area contributed by atoms with Gasteiger partial charge in [-0.1, -0.05) is 0 Å². The third kappa shape index (κ3) is 5.05. The van der Waals surface area contributed by atoms with Crippen molar-refractivity contribution in [3.8, 4) is 0 Å². The summed E-state index contributed by atoms with van der Waals surface area (Å²) in [5.41, 5.74) is 0.637. The first-order valence-corrected chi connectivity index (χ1v) is 9.81. The fraction of sp³-hybridized carbons (Fsp3) is 0.400. The van der Waals surface area contributed by atoms with Crippen molar-refractivity contribution in [2.75, 3.05) is 37.0 Å². The van der Waals surface area contributed by atoms with Gasteiger partial charge in [-0.2, -0.15) is 0 Å². The number of nitro groups is 1. The van der Waals surface area contributed by atoms with E-state index >= 15 is 0 Å². The van der Waals surface area contributed by atoms with Gasteiger partial charge in [-0.05, 0) is 44.0 Å². The molecule has 2 aromatic rings. The van der Waals surface area contributed by atoms with Crippen LogP contribution in [-0.4, -0.2) is 53.6 Å². The molecule has 164 valence electrons. The third-order valence-corrected chi connectivity index (χ3v) is 4.97. The molecule has 0 spiro atoms. The number of ether oxygens (including phenoxy) is 2. The van der Waals surface area contributed by atoms with E-state index in [9.17, 15) is 19.7 Å². The van der Waals surface area contributed by atoms with Crippen molar-refractivity contribution in [3.63, 3.8) is 0 Å². The molecule has 1 saturated heterocycles. The Labute approximate surface area is 178 Å². The smallest absolute Gasteiger partial charge is 0.353 e. The summed E-state index contributed by atoms with van der Waals surface area (Å²) in [6, 6.07) is 6.34. The Bertz CT molecular complexity index is 957. The molecule has 1 aliphatic heterocycles. The van der Waals surface area contributed by atoms with E-state index in [-0.39, 0.29) is 35.8 Å². The van der Waals surface area contributed by atoms with E-state index in [0.717, 1.165) is 0 Å². The summed E-state index contributed by atoms with van der Waals surface area (Å²) >= 11 is 0. The zero-order valence-corrected chi connectivity index (χ0v) is 17.2. The van der Waals surface area contributed by atoms with E-state index in [1.807, 2.05) is 0 Å². The van der Waals surface area contributed by atoms with E-state index < -0.39 is 10.9 Å². The van der Waals surface area contributed by atoms with E-state index in [0.29, 0.717) is 37.2 Å². The highest BCUT2D eigenvalue weighted by Crippen LogP contribution is 2.35. The molecule has 1 aliphatic rings. The molecular formula is C20H23N5O6. The maximum atomic E-state index is 11.8. The van der Waals surface area contributed by atoms with E-state index in [1.54, 1.807) is 36.1 Å². The number of esters is 2. The number of nitrogens with zero attached hydrogens (tertiary/aromatic N) is 4. The molecule has 0 aliphatic carbocycles. The van der Waals surface area contributed by atoms with Crippen LogP contribution in [0.1, 0.15) is 30.1 Å². The maximum Gasteiger partial charge on any atom is 0.353 e. The Balaban J connectivity index is 1.80. The van der Waals surface area contributed by atoms with Crippen molar-refractivity contribution in [2.24, 2.45) is 5.92 Å². The lowest BCUT2D eigenvalue weighted by Gasteiger charge is -2.31. The second-order valence-electron chi connectivity index (χ2n) is 6.86. The number of anilines is 3. The largest absolute Gasteiger partial charge is 0.469 e. The van der Waals surface area contributed by atoms with Gasteiger partial charge in [-0.15, -0.1) is 0 Å². The second kappa shape index (κ2) is 9.83. The van der Waals surface area contributed by atoms with Crippen molar-refractivity contribution < 1.29 is 24.0 Å². The number of hydrogen-bond acceptors (Lipinski definition) is 10. The topological polar surface area (TPSA) is 137 Å². The molecule has 11 nitrogen and oxygen atoms in total. The SMILES string of the molecule is CCOC(=O)c1ccc(Nc2ncnc(N3CCC(C(=O)OC)CC3)c2[N+](=O)[O-])cc1. The van der Waals surface area contributed by atoms with Crippen LogP contribution in [0.4, 0.5) is 23.0 Å². The van der Waals surface area contributed by atoms with E-state index in [1.165, 1.54) is 13.4 Å². The highest BCUT2D eigenvalue weighted by molar-refractivity contribution is 5.90. The summed E-state index contributed by atoms with van der Waals surface area (Å²) in [5.74, 6) is -0.717. The van der Waals surface area contributed by atoms with Crippen LogP contribution < -0.4 is 10.2 Å². The van der Waals surface area contributed by atoms with Crippen molar-refractivity contribution in [1.82, 2.24) is 9.97 Å². The highest BCUT2D eigenvalue weighted by Gasteiger charge is 2.32. The van der Waals surface area contributed by atoms with Crippen LogP contribution in [0.2, 0.25) is 0 Å². The Morgan fingerprint density at radius 1 is 1.23 bits per heavy atom. The van der Waals surface area contributed by atoms with Gasteiger partial charge < -0.3 is 19.7 Å². The summed E-state index contributed by atoms with van der Waals surface area (Å²) in [4.78, 5) is 44.7. The molecule has 11 heteroatoms. The quantitative estimate of drug-likeness (QED) is 0.397. The average Bonchev–Trinajstić information content (AvgIpc) is 2.79. The molecule has 0 bridgehead atoms. The van der Waals surface area contributed by atoms with Gasteiger partial charge in [0.2, 0.25) is 11.6 Å². The van der Waals surface area contributed by atoms with Crippen LogP contribution in [0.5, 0.6) is 0 Å². The van der Waals surface area contributed by atoms with Gasteiger partial charge >= 0.3 is 17.6 Å². The summed E-state index contributed by atoms with van der Waals surface area (Å²) in [5, 5.41) is 14.8. The normalized spacial score (nSPS) is 14.1. The number of hydrogen-bond donors (Lipinski definition) is 1. The van der Waals surface area contributed by atoms with Crippen LogP contribution in [-0.2, 0) is 14.3 Å². The molecule has 0 amide bonds. The zero-order chi connectivity index (χ0) is 22.4. The van der Waals surface area contributed by atoms with Crippen molar-refractivity contribution in [1.29, 1.82) is 0 Å².